The average molecular weight is 319 g/mol. The number of para-hydroxylation sites is 1. The molecule has 2 rings (SSSR count). The van der Waals surface area contributed by atoms with E-state index in [0.29, 0.717) is 26.1 Å². The van der Waals surface area contributed by atoms with Gasteiger partial charge in [-0.25, -0.2) is 4.79 Å². The van der Waals surface area contributed by atoms with E-state index < -0.39 is 0 Å². The van der Waals surface area contributed by atoms with E-state index in [0.717, 1.165) is 12.1 Å². The van der Waals surface area contributed by atoms with Crippen LogP contribution in [0.5, 0.6) is 0 Å². The van der Waals surface area contributed by atoms with Gasteiger partial charge >= 0.3 is 6.03 Å². The maximum atomic E-state index is 12.1. The number of carbonyl (C=O) groups excluding carboxylic acids is 2. The first-order valence-electron chi connectivity index (χ1n) is 8.07. The number of ether oxygens (including phenoxy) is 1. The molecule has 1 saturated heterocycles. The Morgan fingerprint density at radius 1 is 1.35 bits per heavy atom. The second-order valence-electron chi connectivity index (χ2n) is 5.91. The highest BCUT2D eigenvalue weighted by molar-refractivity contribution is 5.96. The van der Waals surface area contributed by atoms with Crippen molar-refractivity contribution in [1.29, 1.82) is 0 Å². The van der Waals surface area contributed by atoms with Crippen molar-refractivity contribution in [2.45, 2.75) is 38.8 Å². The van der Waals surface area contributed by atoms with E-state index >= 15 is 0 Å². The Morgan fingerprint density at radius 3 is 2.78 bits per heavy atom. The number of hydrogen-bond donors (Lipinski definition) is 2. The predicted molar refractivity (Wildman–Crippen MR) is 89.4 cm³/mol. The number of anilines is 1. The van der Waals surface area contributed by atoms with Crippen LogP contribution in [0.3, 0.4) is 0 Å². The number of nitrogens with zero attached hydrogens (tertiary/aromatic N) is 1. The molecule has 0 radical (unpaired) electrons. The Morgan fingerprint density at radius 2 is 2.09 bits per heavy atom. The molecule has 3 amide bonds. The number of rotatable bonds is 7. The molecular formula is C17H25N3O3. The van der Waals surface area contributed by atoms with E-state index in [1.54, 1.807) is 4.90 Å². The molecule has 2 N–H and O–H groups in total. The lowest BCUT2D eigenvalue weighted by atomic mass is 10.2. The number of amides is 3. The van der Waals surface area contributed by atoms with Gasteiger partial charge in [0, 0.05) is 31.8 Å². The van der Waals surface area contributed by atoms with Crippen molar-refractivity contribution in [2.24, 2.45) is 0 Å². The second-order valence-corrected chi connectivity index (χ2v) is 5.91. The molecule has 126 valence electrons. The van der Waals surface area contributed by atoms with Gasteiger partial charge in [0.15, 0.2) is 0 Å². The number of hydrogen-bond acceptors (Lipinski definition) is 3. The van der Waals surface area contributed by atoms with Crippen LogP contribution in [0, 0.1) is 0 Å². The molecule has 6 nitrogen and oxygen atoms in total. The maximum absolute atomic E-state index is 12.1. The number of carbonyl (C=O) groups is 2. The molecule has 1 aliphatic rings. The van der Waals surface area contributed by atoms with Gasteiger partial charge in [-0.1, -0.05) is 18.2 Å². The fraction of sp³-hybridized carbons (Fsp3) is 0.529. The van der Waals surface area contributed by atoms with Gasteiger partial charge in [0.25, 0.3) is 0 Å². The molecule has 1 atom stereocenters. The minimum atomic E-state index is -0.234. The summed E-state index contributed by atoms with van der Waals surface area (Å²) in [5, 5.41) is 5.65. The molecule has 6 heteroatoms. The Labute approximate surface area is 137 Å². The van der Waals surface area contributed by atoms with Gasteiger partial charge in [-0.15, -0.1) is 0 Å². The Balaban J connectivity index is 1.70. The highest BCUT2D eigenvalue weighted by atomic mass is 16.5. The Kier molecular flexibility index (Phi) is 6.40. The molecule has 23 heavy (non-hydrogen) atoms. The molecule has 1 aromatic rings. The zero-order valence-corrected chi connectivity index (χ0v) is 13.7. The third kappa shape index (κ3) is 5.56. The second kappa shape index (κ2) is 8.53. The van der Waals surface area contributed by atoms with E-state index in [2.05, 4.69) is 10.6 Å². The first-order chi connectivity index (χ1) is 11.1. The maximum Gasteiger partial charge on any atom is 0.315 e. The molecule has 1 fully saturated rings. The van der Waals surface area contributed by atoms with Crippen molar-refractivity contribution in [3.05, 3.63) is 30.3 Å². The monoisotopic (exact) mass is 319 g/mol. The van der Waals surface area contributed by atoms with Crippen LogP contribution in [0.2, 0.25) is 0 Å². The molecule has 1 aliphatic heterocycles. The van der Waals surface area contributed by atoms with Crippen LogP contribution >= 0.6 is 0 Å². The van der Waals surface area contributed by atoms with Crippen LogP contribution in [0.1, 0.15) is 26.7 Å². The van der Waals surface area contributed by atoms with Crippen LogP contribution < -0.4 is 15.5 Å². The van der Waals surface area contributed by atoms with Crippen LogP contribution in [-0.4, -0.2) is 43.8 Å². The lowest BCUT2D eigenvalue weighted by molar-refractivity contribution is -0.117. The summed E-state index contributed by atoms with van der Waals surface area (Å²) in [5.74, 6) is 0.0341. The zero-order chi connectivity index (χ0) is 16.7. The minimum Gasteiger partial charge on any atom is -0.379 e. The summed E-state index contributed by atoms with van der Waals surface area (Å²) in [6, 6.07) is 9.11. The van der Waals surface area contributed by atoms with E-state index in [4.69, 9.17) is 4.74 Å². The number of nitrogens with one attached hydrogen (secondary N) is 2. The quantitative estimate of drug-likeness (QED) is 0.754. The van der Waals surface area contributed by atoms with Gasteiger partial charge in [-0.3, -0.25) is 4.79 Å². The van der Waals surface area contributed by atoms with Crippen LogP contribution in [-0.2, 0) is 9.53 Å². The fourth-order valence-electron chi connectivity index (χ4n) is 2.49. The van der Waals surface area contributed by atoms with Gasteiger partial charge < -0.3 is 20.3 Å². The first-order valence-corrected chi connectivity index (χ1v) is 8.07. The fourth-order valence-corrected chi connectivity index (χ4v) is 2.49. The minimum absolute atomic E-state index is 0.0341. The van der Waals surface area contributed by atoms with Crippen molar-refractivity contribution >= 4 is 17.6 Å². The zero-order valence-electron chi connectivity index (χ0n) is 13.7. The lowest BCUT2D eigenvalue weighted by Gasteiger charge is -2.17. The van der Waals surface area contributed by atoms with E-state index in [-0.39, 0.29) is 24.1 Å². The van der Waals surface area contributed by atoms with E-state index in [1.807, 2.05) is 44.2 Å². The molecule has 0 aromatic heterocycles. The topological polar surface area (TPSA) is 70.7 Å². The number of benzene rings is 1. The van der Waals surface area contributed by atoms with Gasteiger partial charge in [0.1, 0.15) is 0 Å². The first kappa shape index (κ1) is 17.3. The number of urea groups is 1. The Bertz CT molecular complexity index is 519. The standard InChI is InChI=1S/C17H25N3O3/c1-13(2)23-10-6-9-18-17(22)19-14-11-16(21)20(12-14)15-7-4-3-5-8-15/h3-5,7-8,13-14H,6,9-12H2,1-2H3,(H2,18,19,22)/t14-/m0/s1. The van der Waals surface area contributed by atoms with Crippen molar-refractivity contribution in [2.75, 3.05) is 24.6 Å². The highest BCUT2D eigenvalue weighted by Crippen LogP contribution is 2.20. The smallest absolute Gasteiger partial charge is 0.315 e. The van der Waals surface area contributed by atoms with Gasteiger partial charge in [-0.2, -0.15) is 0 Å². The summed E-state index contributed by atoms with van der Waals surface area (Å²) in [6.45, 7) is 5.65. The van der Waals surface area contributed by atoms with Crippen LogP contribution in [0.25, 0.3) is 0 Å². The van der Waals surface area contributed by atoms with Gasteiger partial charge in [-0.05, 0) is 32.4 Å². The molecule has 0 saturated carbocycles. The Hall–Kier alpha value is -2.08. The van der Waals surface area contributed by atoms with Crippen molar-refractivity contribution in [1.82, 2.24) is 10.6 Å². The normalized spacial score (nSPS) is 17.6. The largest absolute Gasteiger partial charge is 0.379 e. The highest BCUT2D eigenvalue weighted by Gasteiger charge is 2.31. The predicted octanol–water partition coefficient (Wildman–Crippen LogP) is 1.91. The summed E-state index contributed by atoms with van der Waals surface area (Å²) in [6.07, 6.45) is 1.31. The van der Waals surface area contributed by atoms with Crippen LogP contribution in [0.15, 0.2) is 30.3 Å². The average Bonchev–Trinajstić information content (AvgIpc) is 2.88. The van der Waals surface area contributed by atoms with E-state index in [1.165, 1.54) is 0 Å². The third-order valence-corrected chi connectivity index (χ3v) is 3.59. The van der Waals surface area contributed by atoms with Crippen LogP contribution in [0.4, 0.5) is 10.5 Å². The van der Waals surface area contributed by atoms with Crippen molar-refractivity contribution in [3.8, 4) is 0 Å². The molecule has 0 spiro atoms. The summed E-state index contributed by atoms with van der Waals surface area (Å²) >= 11 is 0. The van der Waals surface area contributed by atoms with Crippen molar-refractivity contribution in [3.63, 3.8) is 0 Å². The third-order valence-electron chi connectivity index (χ3n) is 3.59. The van der Waals surface area contributed by atoms with Gasteiger partial charge in [0.2, 0.25) is 5.91 Å². The summed E-state index contributed by atoms with van der Waals surface area (Å²) in [5.41, 5.74) is 0.869. The molecule has 0 aliphatic carbocycles. The van der Waals surface area contributed by atoms with Crippen molar-refractivity contribution < 1.29 is 14.3 Å². The van der Waals surface area contributed by atoms with E-state index in [9.17, 15) is 9.59 Å². The molecule has 0 unspecified atom stereocenters. The molecule has 1 aromatic carbocycles. The molecular weight excluding hydrogens is 294 g/mol. The van der Waals surface area contributed by atoms with Gasteiger partial charge in [0.05, 0.1) is 12.1 Å². The SMILES string of the molecule is CC(C)OCCCNC(=O)N[C@H]1CC(=O)N(c2ccccc2)C1. The molecule has 1 heterocycles. The lowest BCUT2D eigenvalue weighted by Crippen LogP contribution is -2.43. The summed E-state index contributed by atoms with van der Waals surface area (Å²) in [4.78, 5) is 25.6. The summed E-state index contributed by atoms with van der Waals surface area (Å²) < 4.78 is 5.41. The molecule has 0 bridgehead atoms. The summed E-state index contributed by atoms with van der Waals surface area (Å²) in [7, 11) is 0.